The van der Waals surface area contributed by atoms with Crippen molar-refractivity contribution in [3.8, 4) is 5.75 Å². The summed E-state index contributed by atoms with van der Waals surface area (Å²) in [5.41, 5.74) is 5.12. The monoisotopic (exact) mass is 320 g/mol. The molecule has 0 saturated heterocycles. The number of hydrogen-bond acceptors (Lipinski definition) is 4. The van der Waals surface area contributed by atoms with Crippen LogP contribution < -0.4 is 10.2 Å². The van der Waals surface area contributed by atoms with Crippen molar-refractivity contribution in [2.24, 2.45) is 11.0 Å². The summed E-state index contributed by atoms with van der Waals surface area (Å²) in [6.07, 6.45) is 4.00. The Labute approximate surface area is 132 Å². The van der Waals surface area contributed by atoms with Crippen molar-refractivity contribution in [3.05, 3.63) is 29.8 Å². The van der Waals surface area contributed by atoms with Crippen LogP contribution in [-0.4, -0.2) is 29.2 Å². The largest absolute Gasteiger partial charge is 0.497 e. The van der Waals surface area contributed by atoms with E-state index in [1.54, 1.807) is 19.4 Å². The first kappa shape index (κ1) is 16.4. The molecule has 118 valence electrons. The van der Waals surface area contributed by atoms with Gasteiger partial charge in [-0.15, -0.1) is 0 Å². The van der Waals surface area contributed by atoms with Crippen molar-refractivity contribution >= 4 is 28.0 Å². The molecule has 6 heteroatoms. The maximum Gasteiger partial charge on any atom is 0.240 e. The number of allylic oxidation sites excluding steroid dienone is 2. The smallest absolute Gasteiger partial charge is 0.240 e. The van der Waals surface area contributed by atoms with E-state index in [1.807, 2.05) is 32.1 Å². The van der Waals surface area contributed by atoms with Crippen molar-refractivity contribution < 1.29 is 13.7 Å². The molecule has 1 aliphatic rings. The summed E-state index contributed by atoms with van der Waals surface area (Å²) in [4.78, 5) is 12.1. The van der Waals surface area contributed by atoms with Crippen LogP contribution in [0.1, 0.15) is 25.8 Å². The highest BCUT2D eigenvalue weighted by Crippen LogP contribution is 2.27. The fourth-order valence-corrected chi connectivity index (χ4v) is 3.12. The van der Waals surface area contributed by atoms with Crippen LogP contribution in [0.4, 0.5) is 0 Å². The minimum Gasteiger partial charge on any atom is -0.497 e. The zero-order chi connectivity index (χ0) is 16.3. The Morgan fingerprint density at radius 2 is 2.23 bits per heavy atom. The quantitative estimate of drug-likeness (QED) is 0.926. The van der Waals surface area contributed by atoms with Gasteiger partial charge in [0.2, 0.25) is 5.91 Å². The van der Waals surface area contributed by atoms with Gasteiger partial charge in [0.05, 0.1) is 23.6 Å². The Hall–Kier alpha value is -1.95. The Morgan fingerprint density at radius 3 is 2.82 bits per heavy atom. The van der Waals surface area contributed by atoms with Gasteiger partial charge in [-0.05, 0) is 42.3 Å². The summed E-state index contributed by atoms with van der Waals surface area (Å²) in [6, 6.07) is 5.49. The zero-order valence-corrected chi connectivity index (χ0v) is 14.0. The predicted octanol–water partition coefficient (Wildman–Crippen LogP) is 2.35. The molecule has 2 unspecified atom stereocenters. The van der Waals surface area contributed by atoms with Gasteiger partial charge in [0.25, 0.3) is 0 Å². The van der Waals surface area contributed by atoms with Gasteiger partial charge in [-0.3, -0.25) is 9.00 Å². The molecule has 0 spiro atoms. The fraction of sp³-hybridized carbons (Fsp3) is 0.375. The minimum absolute atomic E-state index is 0.0601. The van der Waals surface area contributed by atoms with Crippen LogP contribution in [-0.2, 0) is 15.6 Å². The number of benzene rings is 1. The van der Waals surface area contributed by atoms with Gasteiger partial charge in [-0.2, -0.15) is 5.10 Å². The number of amides is 1. The summed E-state index contributed by atoms with van der Waals surface area (Å²) in [7, 11) is 0.502. The second kappa shape index (κ2) is 6.87. The lowest BCUT2D eigenvalue weighted by atomic mass is 9.96. The van der Waals surface area contributed by atoms with Crippen LogP contribution in [0, 0.1) is 5.92 Å². The predicted molar refractivity (Wildman–Crippen MR) is 88.3 cm³/mol. The van der Waals surface area contributed by atoms with Gasteiger partial charge in [-0.1, -0.05) is 6.92 Å². The van der Waals surface area contributed by atoms with Gasteiger partial charge in [-0.25, -0.2) is 5.43 Å². The number of methoxy groups -OCH3 is 1. The lowest BCUT2D eigenvalue weighted by Crippen LogP contribution is -2.30. The molecule has 1 amide bonds. The van der Waals surface area contributed by atoms with Gasteiger partial charge in [0.1, 0.15) is 5.75 Å². The molecule has 0 radical (unpaired) electrons. The molecule has 1 aliphatic heterocycles. The van der Waals surface area contributed by atoms with Crippen LogP contribution in [0.25, 0.3) is 5.57 Å². The molecule has 0 aliphatic carbocycles. The molecule has 1 aromatic rings. The molecule has 1 heterocycles. The Balaban J connectivity index is 2.43. The lowest BCUT2D eigenvalue weighted by Gasteiger charge is -2.17. The van der Waals surface area contributed by atoms with Gasteiger partial charge in [0, 0.05) is 23.5 Å². The third kappa shape index (κ3) is 3.62. The number of rotatable bonds is 4. The third-order valence-electron chi connectivity index (χ3n) is 3.59. The number of nitrogens with one attached hydrogen (secondary N) is 1. The lowest BCUT2D eigenvalue weighted by molar-refractivity contribution is -0.121. The molecule has 1 N–H and O–H groups in total. The average Bonchev–Trinajstić information content (AvgIpc) is 2.49. The minimum atomic E-state index is -1.10. The summed E-state index contributed by atoms with van der Waals surface area (Å²) in [6.45, 7) is 3.91. The van der Waals surface area contributed by atoms with E-state index in [4.69, 9.17) is 4.74 Å². The first-order valence-corrected chi connectivity index (χ1v) is 8.54. The Morgan fingerprint density at radius 1 is 1.50 bits per heavy atom. The van der Waals surface area contributed by atoms with E-state index in [-0.39, 0.29) is 11.8 Å². The standard InChI is InChI=1S/C16H20N2O3S/c1-10(7-14-11(2)8-16(19)18-17-14)13-9-12(21-3)5-6-15(13)22(4)20/h5-7,9,11H,8H2,1-4H3,(H,18,19). The van der Waals surface area contributed by atoms with Crippen molar-refractivity contribution in [1.29, 1.82) is 0 Å². The van der Waals surface area contributed by atoms with E-state index < -0.39 is 10.8 Å². The third-order valence-corrected chi connectivity index (χ3v) is 4.57. The molecule has 0 bridgehead atoms. The molecule has 2 rings (SSSR count). The van der Waals surface area contributed by atoms with E-state index in [0.717, 1.165) is 21.7 Å². The molecular formula is C16H20N2O3S. The van der Waals surface area contributed by atoms with Crippen molar-refractivity contribution in [1.82, 2.24) is 5.43 Å². The molecule has 0 aromatic heterocycles. The molecule has 1 aromatic carbocycles. The van der Waals surface area contributed by atoms with Crippen LogP contribution in [0.15, 0.2) is 34.3 Å². The van der Waals surface area contributed by atoms with Crippen LogP contribution in [0.3, 0.4) is 0 Å². The number of carbonyl (C=O) groups excluding carboxylic acids is 1. The Kier molecular flexibility index (Phi) is 5.13. The Bertz CT molecular complexity index is 680. The van der Waals surface area contributed by atoms with Crippen LogP contribution >= 0.6 is 0 Å². The molecule has 5 nitrogen and oxygen atoms in total. The van der Waals surface area contributed by atoms with E-state index in [9.17, 15) is 9.00 Å². The molecular weight excluding hydrogens is 300 g/mol. The number of hydrogen-bond donors (Lipinski definition) is 1. The van der Waals surface area contributed by atoms with E-state index in [1.165, 1.54) is 0 Å². The van der Waals surface area contributed by atoms with Gasteiger partial charge >= 0.3 is 0 Å². The summed E-state index contributed by atoms with van der Waals surface area (Å²) in [5.74, 6) is 0.702. The maximum atomic E-state index is 11.9. The first-order chi connectivity index (χ1) is 10.4. The number of nitrogens with zero attached hydrogens (tertiary/aromatic N) is 1. The summed E-state index contributed by atoms with van der Waals surface area (Å²) >= 11 is 0. The second-order valence-corrected chi connectivity index (χ2v) is 6.67. The molecule has 0 saturated carbocycles. The highest BCUT2D eigenvalue weighted by Gasteiger charge is 2.19. The van der Waals surface area contributed by atoms with Gasteiger partial charge in [0.15, 0.2) is 0 Å². The second-order valence-electron chi connectivity index (χ2n) is 5.32. The average molecular weight is 320 g/mol. The van der Waals surface area contributed by atoms with Gasteiger partial charge < -0.3 is 4.74 Å². The highest BCUT2D eigenvalue weighted by atomic mass is 32.2. The highest BCUT2D eigenvalue weighted by molar-refractivity contribution is 7.84. The van der Waals surface area contributed by atoms with Crippen molar-refractivity contribution in [2.75, 3.05) is 13.4 Å². The van der Waals surface area contributed by atoms with Crippen LogP contribution in [0.5, 0.6) is 5.75 Å². The number of ether oxygens (including phenoxy) is 1. The van der Waals surface area contributed by atoms with Crippen LogP contribution in [0.2, 0.25) is 0 Å². The van der Waals surface area contributed by atoms with E-state index in [0.29, 0.717) is 12.2 Å². The normalized spacial score (nSPS) is 20.2. The SMILES string of the molecule is COc1ccc(S(C)=O)c(C(C)=CC2=NNC(=O)CC2C)c1. The van der Waals surface area contributed by atoms with E-state index in [2.05, 4.69) is 10.5 Å². The number of hydrazone groups is 1. The topological polar surface area (TPSA) is 67.8 Å². The molecule has 2 atom stereocenters. The van der Waals surface area contributed by atoms with Crippen molar-refractivity contribution in [3.63, 3.8) is 0 Å². The molecule has 0 fully saturated rings. The molecule has 22 heavy (non-hydrogen) atoms. The maximum absolute atomic E-state index is 11.9. The van der Waals surface area contributed by atoms with Crippen molar-refractivity contribution in [2.45, 2.75) is 25.2 Å². The number of carbonyl (C=O) groups is 1. The fourth-order valence-electron chi connectivity index (χ4n) is 2.33. The summed E-state index contributed by atoms with van der Waals surface area (Å²) in [5, 5.41) is 4.11. The summed E-state index contributed by atoms with van der Waals surface area (Å²) < 4.78 is 17.2. The van der Waals surface area contributed by atoms with E-state index >= 15 is 0 Å². The first-order valence-electron chi connectivity index (χ1n) is 6.99. The zero-order valence-electron chi connectivity index (χ0n) is 13.2.